The lowest BCUT2D eigenvalue weighted by molar-refractivity contribution is 0.271. The molecule has 0 N–H and O–H groups in total. The van der Waals surface area contributed by atoms with Gasteiger partial charge < -0.3 is 0 Å². The molecule has 1 rings (SSSR count). The topological polar surface area (TPSA) is 3.24 Å². The molecule has 1 aliphatic heterocycles. The first-order valence-electron chi connectivity index (χ1n) is 3.94. The van der Waals surface area contributed by atoms with Gasteiger partial charge in [0.1, 0.15) is 0 Å². The molecule has 1 atom stereocenters. The summed E-state index contributed by atoms with van der Waals surface area (Å²) in [5.41, 5.74) is 0. The Morgan fingerprint density at radius 2 is 2.30 bits per heavy atom. The van der Waals surface area contributed by atoms with Crippen molar-refractivity contribution in [2.24, 2.45) is 5.92 Å². The second kappa shape index (κ2) is 3.07. The van der Waals surface area contributed by atoms with E-state index >= 15 is 0 Å². The summed E-state index contributed by atoms with van der Waals surface area (Å²) in [7, 11) is 0. The van der Waals surface area contributed by atoms with Crippen molar-refractivity contribution >= 4 is 0 Å². The maximum atomic E-state index is 5.32. The molecule has 0 amide bonds. The fraction of sp³-hybridized carbons (Fsp3) is 0.778. The lowest BCUT2D eigenvalue weighted by Crippen LogP contribution is -2.27. The molecule has 1 aliphatic rings. The highest BCUT2D eigenvalue weighted by atomic mass is 15.2. The van der Waals surface area contributed by atoms with Gasteiger partial charge in [-0.2, -0.15) is 0 Å². The van der Waals surface area contributed by atoms with Crippen LogP contribution >= 0.6 is 0 Å². The van der Waals surface area contributed by atoms with E-state index in [0.717, 1.165) is 6.54 Å². The molecule has 1 nitrogen and oxygen atoms in total. The van der Waals surface area contributed by atoms with Crippen LogP contribution in [0.2, 0.25) is 0 Å². The summed E-state index contributed by atoms with van der Waals surface area (Å²) in [6, 6.07) is 0.665. The molecular weight excluding hydrogens is 122 g/mol. The van der Waals surface area contributed by atoms with Crippen LogP contribution < -0.4 is 0 Å². The zero-order valence-corrected chi connectivity index (χ0v) is 6.80. The fourth-order valence-electron chi connectivity index (χ4n) is 1.39. The molecule has 56 valence electrons. The number of rotatable bonds is 1. The van der Waals surface area contributed by atoms with Crippen molar-refractivity contribution in [3.05, 3.63) is 0 Å². The van der Waals surface area contributed by atoms with Crippen LogP contribution in [0.4, 0.5) is 0 Å². The van der Waals surface area contributed by atoms with Gasteiger partial charge in [-0.25, -0.2) is 0 Å². The minimum absolute atomic E-state index is 0.516. The lowest BCUT2D eigenvalue weighted by atomic mass is 10.1. The van der Waals surface area contributed by atoms with E-state index in [1.54, 1.807) is 0 Å². The van der Waals surface area contributed by atoms with Crippen molar-refractivity contribution in [1.82, 2.24) is 4.90 Å². The molecule has 0 spiro atoms. The smallest absolute Gasteiger partial charge is 0.0339 e. The molecule has 0 aromatic carbocycles. The molecule has 0 aliphatic carbocycles. The van der Waals surface area contributed by atoms with Gasteiger partial charge in [0.25, 0.3) is 0 Å². The summed E-state index contributed by atoms with van der Waals surface area (Å²) in [5.74, 6) is 3.32. The maximum Gasteiger partial charge on any atom is 0.0339 e. The third kappa shape index (κ3) is 1.52. The van der Waals surface area contributed by atoms with E-state index in [1.165, 1.54) is 13.0 Å². The van der Waals surface area contributed by atoms with Gasteiger partial charge in [-0.15, -0.1) is 12.3 Å². The van der Waals surface area contributed by atoms with Gasteiger partial charge in [0.2, 0.25) is 0 Å². The molecule has 0 radical (unpaired) electrons. The van der Waals surface area contributed by atoms with Gasteiger partial charge in [-0.3, -0.25) is 4.90 Å². The second-order valence-electron chi connectivity index (χ2n) is 3.24. The molecule has 0 bridgehead atoms. The van der Waals surface area contributed by atoms with E-state index in [-0.39, 0.29) is 0 Å². The number of nitrogens with zero attached hydrogens (tertiary/aromatic N) is 1. The normalized spacial score (nSPS) is 27.2. The number of terminal acetylenes is 1. The molecule has 0 saturated carbocycles. The summed E-state index contributed by atoms with van der Waals surface area (Å²) >= 11 is 0. The number of hydrogen-bond donors (Lipinski definition) is 0. The quantitative estimate of drug-likeness (QED) is 0.493. The van der Waals surface area contributed by atoms with Crippen LogP contribution in [-0.2, 0) is 0 Å². The van der Waals surface area contributed by atoms with Crippen molar-refractivity contribution in [3.63, 3.8) is 0 Å². The number of hydrogen-bond acceptors (Lipinski definition) is 1. The van der Waals surface area contributed by atoms with Crippen molar-refractivity contribution in [3.8, 4) is 12.3 Å². The summed E-state index contributed by atoms with van der Waals surface area (Å²) < 4.78 is 0. The predicted molar refractivity (Wildman–Crippen MR) is 43.6 cm³/mol. The van der Waals surface area contributed by atoms with Crippen LogP contribution in [0.15, 0.2) is 0 Å². The summed E-state index contributed by atoms with van der Waals surface area (Å²) in [4.78, 5) is 2.44. The van der Waals surface area contributed by atoms with Crippen LogP contribution in [0, 0.1) is 18.3 Å². The van der Waals surface area contributed by atoms with Crippen LogP contribution in [-0.4, -0.2) is 24.0 Å². The average Bonchev–Trinajstić information content (AvgIpc) is 2.34. The molecule has 1 unspecified atom stereocenters. The Morgan fingerprint density at radius 3 is 2.60 bits per heavy atom. The zero-order chi connectivity index (χ0) is 7.56. The first-order chi connectivity index (χ1) is 4.74. The molecule has 1 heterocycles. The zero-order valence-electron chi connectivity index (χ0n) is 6.80. The van der Waals surface area contributed by atoms with E-state index in [9.17, 15) is 0 Å². The van der Waals surface area contributed by atoms with E-state index < -0.39 is 0 Å². The second-order valence-corrected chi connectivity index (χ2v) is 3.24. The van der Waals surface area contributed by atoms with Gasteiger partial charge in [0, 0.05) is 18.5 Å². The highest BCUT2D eigenvalue weighted by Crippen LogP contribution is 2.16. The van der Waals surface area contributed by atoms with E-state index in [4.69, 9.17) is 6.42 Å². The summed E-state index contributed by atoms with van der Waals surface area (Å²) in [6.07, 6.45) is 6.51. The van der Waals surface area contributed by atoms with Crippen molar-refractivity contribution in [2.75, 3.05) is 13.1 Å². The largest absolute Gasteiger partial charge is 0.300 e. The Balaban J connectivity index is 2.37. The van der Waals surface area contributed by atoms with Crippen LogP contribution in [0.25, 0.3) is 0 Å². The molecule has 1 heteroatoms. The minimum atomic E-state index is 0.516. The van der Waals surface area contributed by atoms with Gasteiger partial charge in [-0.05, 0) is 26.8 Å². The minimum Gasteiger partial charge on any atom is -0.300 e. The van der Waals surface area contributed by atoms with Crippen LogP contribution in [0.5, 0.6) is 0 Å². The lowest BCUT2D eigenvalue weighted by Gasteiger charge is -2.18. The van der Waals surface area contributed by atoms with Crippen molar-refractivity contribution in [2.45, 2.75) is 26.3 Å². The van der Waals surface area contributed by atoms with E-state index in [0.29, 0.717) is 12.0 Å². The molecule has 10 heavy (non-hydrogen) atoms. The van der Waals surface area contributed by atoms with Crippen LogP contribution in [0.3, 0.4) is 0 Å². The Labute approximate surface area is 63.4 Å². The van der Waals surface area contributed by atoms with Crippen LogP contribution in [0.1, 0.15) is 20.3 Å². The Bertz CT molecular complexity index is 143. The summed E-state index contributed by atoms with van der Waals surface area (Å²) in [5, 5.41) is 0. The Hall–Kier alpha value is -0.480. The third-order valence-electron chi connectivity index (χ3n) is 2.19. The first kappa shape index (κ1) is 7.63. The van der Waals surface area contributed by atoms with Gasteiger partial charge in [0.15, 0.2) is 0 Å². The van der Waals surface area contributed by atoms with Gasteiger partial charge in [-0.1, -0.05) is 0 Å². The molecular formula is C9H15N. The average molecular weight is 137 g/mol. The number of likely N-dealkylation sites (tertiary alicyclic amines) is 1. The molecule has 1 saturated heterocycles. The van der Waals surface area contributed by atoms with Gasteiger partial charge in [0.05, 0.1) is 0 Å². The van der Waals surface area contributed by atoms with E-state index in [1.807, 2.05) is 0 Å². The van der Waals surface area contributed by atoms with Crippen molar-refractivity contribution < 1.29 is 0 Å². The SMILES string of the molecule is C#CC1CCN(C(C)C)C1. The molecule has 0 aromatic rings. The standard InChI is InChI=1S/C9H15N/c1-4-9-5-6-10(7-9)8(2)3/h1,8-9H,5-7H2,2-3H3. The Kier molecular flexibility index (Phi) is 2.34. The van der Waals surface area contributed by atoms with E-state index in [2.05, 4.69) is 24.7 Å². The maximum absolute atomic E-state index is 5.32. The predicted octanol–water partition coefficient (Wildman–Crippen LogP) is 1.35. The molecule has 1 fully saturated rings. The fourth-order valence-corrected chi connectivity index (χ4v) is 1.39. The third-order valence-corrected chi connectivity index (χ3v) is 2.19. The van der Waals surface area contributed by atoms with Gasteiger partial charge >= 0.3 is 0 Å². The highest BCUT2D eigenvalue weighted by molar-refractivity contribution is 4.98. The highest BCUT2D eigenvalue weighted by Gasteiger charge is 2.21. The first-order valence-corrected chi connectivity index (χ1v) is 3.94. The molecule has 0 aromatic heterocycles. The summed E-state index contributed by atoms with van der Waals surface area (Å²) in [6.45, 7) is 6.73. The van der Waals surface area contributed by atoms with Crippen molar-refractivity contribution in [1.29, 1.82) is 0 Å². The monoisotopic (exact) mass is 137 g/mol. The Morgan fingerprint density at radius 1 is 1.60 bits per heavy atom.